The van der Waals surface area contributed by atoms with Gasteiger partial charge in [-0.25, -0.2) is 0 Å². The predicted molar refractivity (Wildman–Crippen MR) is 128 cm³/mol. The van der Waals surface area contributed by atoms with Crippen LogP contribution < -0.4 is 0 Å². The van der Waals surface area contributed by atoms with Gasteiger partial charge in [0, 0.05) is 7.11 Å². The summed E-state index contributed by atoms with van der Waals surface area (Å²) in [4.78, 5) is 0. The molecule has 0 spiro atoms. The minimum atomic E-state index is -1.73. The zero-order valence-corrected chi connectivity index (χ0v) is 23.0. The first-order chi connectivity index (χ1) is 19.3. The maximum atomic E-state index is 11.0. The van der Waals surface area contributed by atoms with Crippen LogP contribution in [0.15, 0.2) is 0 Å². The Morgan fingerprint density at radius 1 is 0.488 bits per heavy atom. The highest BCUT2D eigenvalue weighted by Crippen LogP contribution is 2.35. The molecule has 19 atom stereocenters. The summed E-state index contributed by atoms with van der Waals surface area (Å²) >= 11 is 0. The van der Waals surface area contributed by atoms with E-state index in [4.69, 9.17) is 37.9 Å². The maximum Gasteiger partial charge on any atom is 0.187 e. The van der Waals surface area contributed by atoms with Crippen molar-refractivity contribution >= 4 is 0 Å². The third-order valence-corrected chi connectivity index (χ3v) is 7.94. The van der Waals surface area contributed by atoms with Crippen LogP contribution >= 0.6 is 0 Å². The fourth-order valence-electron chi connectivity index (χ4n) is 5.30. The van der Waals surface area contributed by atoms with E-state index in [1.165, 1.54) is 27.9 Å². The molecule has 4 aliphatic heterocycles. The molecule has 4 saturated heterocycles. The van der Waals surface area contributed by atoms with Gasteiger partial charge in [0.25, 0.3) is 0 Å². The topological polar surface area (TPSA) is 256 Å². The van der Waals surface area contributed by atoms with Crippen LogP contribution in [0.2, 0.25) is 0 Å². The summed E-state index contributed by atoms with van der Waals surface area (Å²) in [6.07, 6.45) is -26.9. The van der Waals surface area contributed by atoms with Crippen LogP contribution in [0.4, 0.5) is 0 Å². The molecule has 0 bridgehead atoms. The van der Waals surface area contributed by atoms with Gasteiger partial charge in [0.05, 0.1) is 24.9 Å². The van der Waals surface area contributed by atoms with Crippen molar-refractivity contribution in [2.24, 2.45) is 0 Å². The van der Waals surface area contributed by atoms with Gasteiger partial charge in [0.15, 0.2) is 25.2 Å². The second-order valence-corrected chi connectivity index (χ2v) is 10.9. The Morgan fingerprint density at radius 3 is 1.66 bits per heavy atom. The van der Waals surface area contributed by atoms with E-state index in [2.05, 4.69) is 0 Å². The molecule has 0 unspecified atom stereocenters. The van der Waals surface area contributed by atoms with Gasteiger partial charge in [-0.15, -0.1) is 0 Å². The van der Waals surface area contributed by atoms with Crippen molar-refractivity contribution in [3.05, 3.63) is 0 Å². The van der Waals surface area contributed by atoms with Gasteiger partial charge >= 0.3 is 0 Å². The minimum Gasteiger partial charge on any atom is -0.388 e. The molecule has 0 saturated carbocycles. The summed E-state index contributed by atoms with van der Waals surface area (Å²) < 4.78 is 45.1. The number of aliphatic hydroxyl groups excluding tert-OH is 9. The first-order valence-electron chi connectivity index (χ1n) is 13.5. The summed E-state index contributed by atoms with van der Waals surface area (Å²) in [5.41, 5.74) is 0. The summed E-state index contributed by atoms with van der Waals surface area (Å²) in [6, 6.07) is 0. The molecule has 0 aromatic carbocycles. The SMILES string of the molecule is CO[C@@H]1[C@@H](O)[C@H](C)O[C@@H](O[C@@H]2[C@@H](O)[C@H](C)O[C@@H](O)[C@@H]2O[C@@H]2OC[C@@H](O)[C@H](O)[C@H]2O)[C@@H]1O[C@@H]1O[C@@H](C)[C@H](O)[C@@H](O)[C@H]1O. The van der Waals surface area contributed by atoms with Crippen molar-refractivity contribution in [3.8, 4) is 0 Å². The minimum absolute atomic E-state index is 0.397. The Hall–Kier alpha value is -0.680. The van der Waals surface area contributed by atoms with Crippen molar-refractivity contribution in [1.82, 2.24) is 0 Å². The smallest absolute Gasteiger partial charge is 0.187 e. The lowest BCUT2D eigenvalue weighted by molar-refractivity contribution is -0.395. The lowest BCUT2D eigenvalue weighted by atomic mass is 9.96. The van der Waals surface area contributed by atoms with E-state index in [0.717, 1.165) is 0 Å². The zero-order valence-electron chi connectivity index (χ0n) is 23.0. The molecule has 4 heterocycles. The van der Waals surface area contributed by atoms with Crippen LogP contribution in [0.5, 0.6) is 0 Å². The third kappa shape index (κ3) is 6.71. The number of rotatable bonds is 7. The molecule has 0 aliphatic carbocycles. The zero-order chi connectivity index (χ0) is 30.3. The van der Waals surface area contributed by atoms with E-state index >= 15 is 0 Å². The Balaban J connectivity index is 1.59. The van der Waals surface area contributed by atoms with Crippen molar-refractivity contribution < 1.29 is 83.9 Å². The predicted octanol–water partition coefficient (Wildman–Crippen LogP) is -5.37. The summed E-state index contributed by atoms with van der Waals surface area (Å²) in [6.45, 7) is 4.02. The van der Waals surface area contributed by atoms with Crippen LogP contribution in [-0.2, 0) is 37.9 Å². The molecular weight excluding hydrogens is 560 g/mol. The molecule has 4 aliphatic rings. The quantitative estimate of drug-likeness (QED) is 0.132. The Morgan fingerprint density at radius 2 is 1.00 bits per heavy atom. The number of hydrogen-bond donors (Lipinski definition) is 9. The van der Waals surface area contributed by atoms with Crippen LogP contribution in [0.3, 0.4) is 0 Å². The molecule has 4 rings (SSSR count). The standard InChI is InChI=1S/C24H42O17/c1-6-10(26)14(30)16(32)23(37-6)41-20-17(34-4)11(27)8(3)38-24(20)39-18-12(28)7(2)36-21(33)19(18)40-22-15(31)13(29)9(25)5-35-22/h6-33H,5H2,1-4H3/t6-,7-,8-,9+,10-,11-,12-,13-,14+,15+,16+,17+,18+,19+,20+,21+,22-,23-,24-/m0/s1. The average Bonchev–Trinajstić information content (AvgIpc) is 2.93. The fourth-order valence-corrected chi connectivity index (χ4v) is 5.30. The van der Waals surface area contributed by atoms with Gasteiger partial charge in [-0.1, -0.05) is 0 Å². The summed E-state index contributed by atoms with van der Waals surface area (Å²) in [5, 5.41) is 93.4. The second kappa shape index (κ2) is 13.5. The highest BCUT2D eigenvalue weighted by molar-refractivity contribution is 4.96. The van der Waals surface area contributed by atoms with E-state index < -0.39 is 123 Å². The largest absolute Gasteiger partial charge is 0.388 e. The molecule has 0 amide bonds. The Kier molecular flexibility index (Phi) is 11.0. The average molecular weight is 603 g/mol. The molecule has 0 aromatic heterocycles. The Bertz CT molecular complexity index is 838. The molecule has 41 heavy (non-hydrogen) atoms. The van der Waals surface area contributed by atoms with Gasteiger partial charge < -0.3 is 83.9 Å². The van der Waals surface area contributed by atoms with Crippen molar-refractivity contribution in [2.45, 2.75) is 137 Å². The van der Waals surface area contributed by atoms with Gasteiger partial charge in [0.2, 0.25) is 0 Å². The highest BCUT2D eigenvalue weighted by Gasteiger charge is 2.54. The van der Waals surface area contributed by atoms with Gasteiger partial charge in [0.1, 0.15) is 73.2 Å². The summed E-state index contributed by atoms with van der Waals surface area (Å²) in [5.74, 6) is 0. The van der Waals surface area contributed by atoms with Crippen LogP contribution in [0.1, 0.15) is 20.8 Å². The fraction of sp³-hybridized carbons (Fsp3) is 1.00. The number of hydrogen-bond acceptors (Lipinski definition) is 17. The monoisotopic (exact) mass is 602 g/mol. The van der Waals surface area contributed by atoms with Gasteiger partial charge in [-0.2, -0.15) is 0 Å². The lowest BCUT2D eigenvalue weighted by Gasteiger charge is -2.49. The maximum absolute atomic E-state index is 11.0. The molecule has 0 aromatic rings. The molecule has 17 nitrogen and oxygen atoms in total. The number of aliphatic hydroxyl groups is 9. The van der Waals surface area contributed by atoms with Crippen LogP contribution in [-0.4, -0.2) is 176 Å². The van der Waals surface area contributed by atoms with Crippen molar-refractivity contribution in [1.29, 1.82) is 0 Å². The molecule has 9 N–H and O–H groups in total. The second-order valence-electron chi connectivity index (χ2n) is 10.9. The van der Waals surface area contributed by atoms with Gasteiger partial charge in [-0.05, 0) is 20.8 Å². The van der Waals surface area contributed by atoms with Crippen molar-refractivity contribution in [2.75, 3.05) is 13.7 Å². The number of methoxy groups -OCH3 is 1. The molecular formula is C24H42O17. The summed E-state index contributed by atoms with van der Waals surface area (Å²) in [7, 11) is 1.28. The number of ether oxygens (including phenoxy) is 8. The third-order valence-electron chi connectivity index (χ3n) is 7.94. The first-order valence-corrected chi connectivity index (χ1v) is 13.5. The van der Waals surface area contributed by atoms with E-state index in [1.807, 2.05) is 0 Å². The first kappa shape index (κ1) is 33.2. The van der Waals surface area contributed by atoms with E-state index in [9.17, 15) is 46.0 Å². The van der Waals surface area contributed by atoms with E-state index in [0.29, 0.717) is 0 Å². The van der Waals surface area contributed by atoms with Gasteiger partial charge in [-0.3, -0.25) is 0 Å². The highest BCUT2D eigenvalue weighted by atomic mass is 16.8. The van der Waals surface area contributed by atoms with Crippen molar-refractivity contribution in [3.63, 3.8) is 0 Å². The van der Waals surface area contributed by atoms with E-state index in [1.54, 1.807) is 0 Å². The van der Waals surface area contributed by atoms with E-state index in [-0.39, 0.29) is 0 Å². The molecule has 0 radical (unpaired) electrons. The molecule has 240 valence electrons. The Labute approximate surface area is 235 Å². The lowest BCUT2D eigenvalue weighted by Crippen LogP contribution is -2.66. The molecule has 4 fully saturated rings. The normalized spacial score (nSPS) is 55.1. The molecule has 17 heteroatoms. The van der Waals surface area contributed by atoms with Crippen LogP contribution in [0.25, 0.3) is 0 Å². The van der Waals surface area contributed by atoms with Crippen LogP contribution in [0, 0.1) is 0 Å².